The van der Waals surface area contributed by atoms with Crippen LogP contribution in [0.1, 0.15) is 12.8 Å². The maximum Gasteiger partial charge on any atom is 0.389 e. The fourth-order valence-corrected chi connectivity index (χ4v) is 3.75. The summed E-state index contributed by atoms with van der Waals surface area (Å²) >= 11 is 10.0. The Balaban J connectivity index is 2.53. The van der Waals surface area contributed by atoms with E-state index < -0.39 is 12.6 Å². The molecule has 0 amide bonds. The van der Waals surface area contributed by atoms with Crippen molar-refractivity contribution in [2.24, 2.45) is 0 Å². The topological polar surface area (TPSA) is 12.0 Å². The predicted molar refractivity (Wildman–Crippen MR) is 73.3 cm³/mol. The van der Waals surface area contributed by atoms with E-state index in [0.717, 1.165) is 19.1 Å². The Hall–Kier alpha value is 0.250. The Labute approximate surface area is 123 Å². The second-order valence-corrected chi connectivity index (χ2v) is 6.01. The number of anilines is 1. The number of nitrogens with one attached hydrogen (secondary N) is 1. The molecule has 0 saturated carbocycles. The molecule has 0 saturated heterocycles. The largest absolute Gasteiger partial charge is 0.389 e. The fourth-order valence-electron chi connectivity index (χ4n) is 1.21. The molecule has 0 aliphatic carbocycles. The van der Waals surface area contributed by atoms with Crippen LogP contribution in [0.25, 0.3) is 0 Å². The van der Waals surface area contributed by atoms with Gasteiger partial charge in [0.25, 0.3) is 0 Å². The minimum absolute atomic E-state index is 0.0540. The zero-order valence-electron chi connectivity index (χ0n) is 8.54. The van der Waals surface area contributed by atoms with Crippen LogP contribution in [0.4, 0.5) is 18.9 Å². The smallest absolute Gasteiger partial charge is 0.383 e. The molecule has 1 aromatic carbocycles. The first-order valence-electron chi connectivity index (χ1n) is 4.75. The van der Waals surface area contributed by atoms with Crippen molar-refractivity contribution in [3.8, 4) is 0 Å². The van der Waals surface area contributed by atoms with Gasteiger partial charge in [-0.3, -0.25) is 0 Å². The van der Waals surface area contributed by atoms with Crippen LogP contribution in [0.15, 0.2) is 25.6 Å². The first kappa shape index (κ1) is 15.3. The van der Waals surface area contributed by atoms with Gasteiger partial charge < -0.3 is 5.32 Å². The van der Waals surface area contributed by atoms with Crippen LogP contribution in [-0.4, -0.2) is 12.7 Å². The van der Waals surface area contributed by atoms with Gasteiger partial charge in [0.15, 0.2) is 0 Å². The molecule has 1 rings (SSSR count). The summed E-state index contributed by atoms with van der Waals surface area (Å²) in [5.74, 6) is 0. The van der Waals surface area contributed by atoms with E-state index in [1.807, 2.05) is 12.1 Å². The molecular weight excluding hydrogens is 431 g/mol. The highest BCUT2D eigenvalue weighted by Crippen LogP contribution is 2.34. The zero-order valence-corrected chi connectivity index (χ0v) is 13.3. The molecule has 0 aliphatic heterocycles. The predicted octanol–water partition coefficient (Wildman–Crippen LogP) is 5.73. The fraction of sp³-hybridized carbons (Fsp3) is 0.400. The number of rotatable bonds is 4. The van der Waals surface area contributed by atoms with E-state index >= 15 is 0 Å². The second kappa shape index (κ2) is 6.43. The minimum atomic E-state index is -4.09. The maximum absolute atomic E-state index is 11.9. The van der Waals surface area contributed by atoms with Crippen molar-refractivity contribution in [2.45, 2.75) is 19.0 Å². The van der Waals surface area contributed by atoms with E-state index in [9.17, 15) is 13.2 Å². The Kier molecular flexibility index (Phi) is 5.79. The van der Waals surface area contributed by atoms with Crippen LogP contribution >= 0.6 is 47.8 Å². The Morgan fingerprint density at radius 2 is 1.59 bits per heavy atom. The number of benzene rings is 1. The lowest BCUT2D eigenvalue weighted by atomic mass is 10.3. The molecule has 0 aromatic heterocycles. The molecule has 0 unspecified atom stereocenters. The molecule has 0 heterocycles. The third-order valence-electron chi connectivity index (χ3n) is 1.95. The average molecular weight is 440 g/mol. The highest BCUT2D eigenvalue weighted by atomic mass is 79.9. The lowest BCUT2D eigenvalue weighted by molar-refractivity contribution is -0.134. The van der Waals surface area contributed by atoms with Crippen LogP contribution in [0.5, 0.6) is 0 Å². The molecule has 96 valence electrons. The van der Waals surface area contributed by atoms with Gasteiger partial charge in [-0.2, -0.15) is 13.2 Å². The highest BCUT2D eigenvalue weighted by molar-refractivity contribution is 9.11. The quantitative estimate of drug-likeness (QED) is 0.591. The summed E-state index contributed by atoms with van der Waals surface area (Å²) in [6.45, 7) is 0.276. The lowest BCUT2D eigenvalue weighted by Crippen LogP contribution is -2.11. The first-order valence-corrected chi connectivity index (χ1v) is 7.12. The molecule has 0 aliphatic rings. The van der Waals surface area contributed by atoms with Crippen molar-refractivity contribution in [1.82, 2.24) is 0 Å². The average Bonchev–Trinajstić information content (AvgIpc) is 2.13. The summed E-state index contributed by atoms with van der Waals surface area (Å²) in [4.78, 5) is 0. The summed E-state index contributed by atoms with van der Waals surface area (Å²) in [6.07, 6.45) is -4.81. The summed E-state index contributed by atoms with van der Waals surface area (Å²) in [6, 6.07) is 3.66. The van der Waals surface area contributed by atoms with Crippen LogP contribution < -0.4 is 5.32 Å². The first-order chi connectivity index (χ1) is 7.79. The van der Waals surface area contributed by atoms with Gasteiger partial charge >= 0.3 is 6.18 Å². The third-order valence-corrected chi connectivity index (χ3v) is 3.65. The molecule has 0 spiro atoms. The van der Waals surface area contributed by atoms with E-state index in [1.54, 1.807) is 0 Å². The molecule has 7 heteroatoms. The summed E-state index contributed by atoms with van der Waals surface area (Å²) in [5, 5.41) is 2.97. The van der Waals surface area contributed by atoms with E-state index in [0.29, 0.717) is 0 Å². The van der Waals surface area contributed by atoms with Gasteiger partial charge in [-0.15, -0.1) is 0 Å². The number of halogens is 6. The van der Waals surface area contributed by atoms with E-state index in [2.05, 4.69) is 53.1 Å². The van der Waals surface area contributed by atoms with Crippen LogP contribution in [0, 0.1) is 0 Å². The zero-order chi connectivity index (χ0) is 13.1. The Bertz CT molecular complexity index is 370. The van der Waals surface area contributed by atoms with Crippen molar-refractivity contribution in [3.05, 3.63) is 25.6 Å². The minimum Gasteiger partial charge on any atom is -0.383 e. The van der Waals surface area contributed by atoms with Crippen molar-refractivity contribution in [2.75, 3.05) is 11.9 Å². The molecule has 0 fully saturated rings. The molecule has 1 N–H and O–H groups in total. The van der Waals surface area contributed by atoms with Crippen molar-refractivity contribution < 1.29 is 13.2 Å². The Morgan fingerprint density at radius 3 is 2.06 bits per heavy atom. The summed E-state index contributed by atoms with van der Waals surface area (Å²) in [7, 11) is 0. The van der Waals surface area contributed by atoms with Crippen LogP contribution in [0.3, 0.4) is 0 Å². The van der Waals surface area contributed by atoms with Crippen molar-refractivity contribution >= 4 is 53.5 Å². The van der Waals surface area contributed by atoms with Crippen molar-refractivity contribution in [1.29, 1.82) is 0 Å². The molecule has 17 heavy (non-hydrogen) atoms. The summed E-state index contributed by atoms with van der Waals surface area (Å²) in [5.41, 5.74) is 0.760. The van der Waals surface area contributed by atoms with Gasteiger partial charge in [-0.25, -0.2) is 0 Å². The number of hydrogen-bond acceptors (Lipinski definition) is 1. The normalized spacial score (nSPS) is 11.6. The van der Waals surface area contributed by atoms with E-state index in [-0.39, 0.29) is 13.0 Å². The molecule has 1 nitrogen and oxygen atoms in total. The van der Waals surface area contributed by atoms with Gasteiger partial charge in [0, 0.05) is 26.4 Å². The van der Waals surface area contributed by atoms with Crippen molar-refractivity contribution in [3.63, 3.8) is 0 Å². The monoisotopic (exact) mass is 437 g/mol. The highest BCUT2D eigenvalue weighted by Gasteiger charge is 2.25. The van der Waals surface area contributed by atoms with Gasteiger partial charge in [0.2, 0.25) is 0 Å². The molecule has 0 bridgehead atoms. The van der Waals surface area contributed by atoms with E-state index in [4.69, 9.17) is 0 Å². The number of hydrogen-bond donors (Lipinski definition) is 1. The van der Waals surface area contributed by atoms with Crippen LogP contribution in [0.2, 0.25) is 0 Å². The SMILES string of the molecule is FC(F)(F)CCCNc1c(Br)cc(Br)cc1Br. The maximum atomic E-state index is 11.9. The third kappa shape index (κ3) is 5.61. The van der Waals surface area contributed by atoms with Gasteiger partial charge in [-0.1, -0.05) is 15.9 Å². The number of alkyl halides is 3. The molecule has 0 radical (unpaired) electrons. The Morgan fingerprint density at radius 1 is 1.06 bits per heavy atom. The summed E-state index contributed by atoms with van der Waals surface area (Å²) < 4.78 is 38.3. The second-order valence-electron chi connectivity index (χ2n) is 3.39. The van der Waals surface area contributed by atoms with E-state index in [1.165, 1.54) is 0 Å². The lowest BCUT2D eigenvalue weighted by Gasteiger charge is -2.12. The molecule has 0 atom stereocenters. The van der Waals surface area contributed by atoms with Gasteiger partial charge in [-0.05, 0) is 50.4 Å². The molecular formula is C10H9Br3F3N. The standard InChI is InChI=1S/C10H9Br3F3N/c11-6-4-7(12)9(8(13)5-6)17-3-1-2-10(14,15)16/h4-5,17H,1-3H2. The molecule has 1 aromatic rings. The van der Waals surface area contributed by atoms with Gasteiger partial charge in [0.05, 0.1) is 5.69 Å². The van der Waals surface area contributed by atoms with Gasteiger partial charge in [0.1, 0.15) is 0 Å². The van der Waals surface area contributed by atoms with Crippen LogP contribution in [-0.2, 0) is 0 Å².